The Morgan fingerprint density at radius 2 is 1.93 bits per heavy atom. The minimum Gasteiger partial charge on any atom is -0.377 e. The number of pyridine rings is 1. The van der Waals surface area contributed by atoms with Crippen molar-refractivity contribution in [3.63, 3.8) is 0 Å². The minimum atomic E-state index is -0.462. The van der Waals surface area contributed by atoms with E-state index >= 15 is 0 Å². The van der Waals surface area contributed by atoms with Crippen molar-refractivity contribution in [2.45, 2.75) is 18.5 Å². The van der Waals surface area contributed by atoms with Gasteiger partial charge in [0.15, 0.2) is 0 Å². The Morgan fingerprint density at radius 1 is 1.10 bits per heavy atom. The van der Waals surface area contributed by atoms with E-state index in [9.17, 15) is 9.18 Å². The number of nitrogens with zero attached hydrogens (tertiary/aromatic N) is 2. The number of hydrogen-bond acceptors (Lipinski definition) is 5. The molecule has 7 heteroatoms. The van der Waals surface area contributed by atoms with Crippen molar-refractivity contribution in [1.82, 2.24) is 20.5 Å². The van der Waals surface area contributed by atoms with Crippen molar-refractivity contribution in [1.29, 1.82) is 0 Å². The van der Waals surface area contributed by atoms with Crippen LogP contribution in [-0.2, 0) is 6.54 Å². The standard InChI is InChI=1S/C23H20FN5O/c1-25-12-13-3-2-4-15(9-13)19-21(14-5-7-26-8-6-14)27-18-11-16(24)10-17-20(18)22(19)28-29-23(17)30/h2-11,19,21,25,27H,12H2,1H3,(H,29,30)/t19-,21-/m1/s1. The van der Waals surface area contributed by atoms with Crippen molar-refractivity contribution in [2.24, 2.45) is 0 Å². The zero-order chi connectivity index (χ0) is 20.7. The highest BCUT2D eigenvalue weighted by Crippen LogP contribution is 2.46. The molecular weight excluding hydrogens is 381 g/mol. The van der Waals surface area contributed by atoms with Crippen LogP contribution < -0.4 is 16.2 Å². The maximum atomic E-state index is 14.3. The third-order valence-corrected chi connectivity index (χ3v) is 5.58. The molecular formula is C23H20FN5O. The van der Waals surface area contributed by atoms with Crippen molar-refractivity contribution in [3.8, 4) is 0 Å². The second kappa shape index (κ2) is 7.35. The summed E-state index contributed by atoms with van der Waals surface area (Å²) >= 11 is 0. The fourth-order valence-corrected chi connectivity index (χ4v) is 4.33. The van der Waals surface area contributed by atoms with Gasteiger partial charge in [0, 0.05) is 30.0 Å². The van der Waals surface area contributed by atoms with Gasteiger partial charge < -0.3 is 10.6 Å². The summed E-state index contributed by atoms with van der Waals surface area (Å²) in [5.74, 6) is -0.642. The van der Waals surface area contributed by atoms with Gasteiger partial charge in [0.2, 0.25) is 0 Å². The smallest absolute Gasteiger partial charge is 0.272 e. The SMILES string of the molecule is CNCc1cccc([C@H]2c3n[nH]c(=O)c4cc(F)cc(c34)N[C@@H]2c2ccncc2)c1. The average molecular weight is 401 g/mol. The largest absolute Gasteiger partial charge is 0.377 e. The molecule has 0 unspecified atom stereocenters. The summed E-state index contributed by atoms with van der Waals surface area (Å²) in [5.41, 5.74) is 4.11. The predicted octanol–water partition coefficient (Wildman–Crippen LogP) is 3.48. The molecule has 6 nitrogen and oxygen atoms in total. The van der Waals surface area contributed by atoms with Crippen LogP contribution in [0, 0.1) is 5.82 Å². The molecule has 2 aromatic heterocycles. The first kappa shape index (κ1) is 18.4. The molecule has 1 aliphatic heterocycles. The number of rotatable bonds is 4. The van der Waals surface area contributed by atoms with E-state index in [2.05, 4.69) is 44.0 Å². The van der Waals surface area contributed by atoms with E-state index in [4.69, 9.17) is 0 Å². The number of H-pyrrole nitrogens is 1. The van der Waals surface area contributed by atoms with Gasteiger partial charge in [0.25, 0.3) is 5.56 Å². The van der Waals surface area contributed by atoms with E-state index in [1.54, 1.807) is 12.4 Å². The Morgan fingerprint density at radius 3 is 2.73 bits per heavy atom. The lowest BCUT2D eigenvalue weighted by Gasteiger charge is -2.34. The zero-order valence-corrected chi connectivity index (χ0v) is 16.3. The van der Waals surface area contributed by atoms with Gasteiger partial charge in [-0.3, -0.25) is 9.78 Å². The molecule has 0 amide bonds. The Labute approximate surface area is 172 Å². The van der Waals surface area contributed by atoms with Gasteiger partial charge >= 0.3 is 0 Å². The molecule has 1 aliphatic rings. The number of halogens is 1. The van der Waals surface area contributed by atoms with Crippen LogP contribution in [-0.4, -0.2) is 22.2 Å². The number of aromatic nitrogens is 3. The summed E-state index contributed by atoms with van der Waals surface area (Å²) in [6.07, 6.45) is 3.48. The summed E-state index contributed by atoms with van der Waals surface area (Å²) in [6, 6.07) is 14.7. The second-order valence-electron chi connectivity index (χ2n) is 7.47. The molecule has 0 bridgehead atoms. The molecule has 2 atom stereocenters. The van der Waals surface area contributed by atoms with E-state index in [1.807, 2.05) is 25.2 Å². The van der Waals surface area contributed by atoms with Gasteiger partial charge in [-0.1, -0.05) is 24.3 Å². The van der Waals surface area contributed by atoms with Crippen LogP contribution in [0.25, 0.3) is 10.8 Å². The molecule has 3 heterocycles. The molecule has 5 rings (SSSR count). The van der Waals surface area contributed by atoms with Crippen molar-refractivity contribution >= 4 is 16.5 Å². The van der Waals surface area contributed by atoms with Gasteiger partial charge in [0.1, 0.15) is 5.82 Å². The summed E-state index contributed by atoms with van der Waals surface area (Å²) in [6.45, 7) is 0.740. The number of benzene rings is 2. The van der Waals surface area contributed by atoms with Gasteiger partial charge in [-0.2, -0.15) is 5.10 Å². The van der Waals surface area contributed by atoms with Crippen LogP contribution in [0.1, 0.15) is 34.3 Å². The van der Waals surface area contributed by atoms with Crippen LogP contribution >= 0.6 is 0 Å². The number of hydrogen-bond donors (Lipinski definition) is 3. The Hall–Kier alpha value is -3.58. The van der Waals surface area contributed by atoms with Crippen molar-refractivity contribution in [2.75, 3.05) is 12.4 Å². The molecule has 3 N–H and O–H groups in total. The van der Waals surface area contributed by atoms with Crippen LogP contribution in [0.4, 0.5) is 10.1 Å². The lowest BCUT2D eigenvalue weighted by atomic mass is 9.80. The highest BCUT2D eigenvalue weighted by atomic mass is 19.1. The maximum absolute atomic E-state index is 14.3. The highest BCUT2D eigenvalue weighted by Gasteiger charge is 2.35. The molecule has 0 spiro atoms. The van der Waals surface area contributed by atoms with E-state index < -0.39 is 11.4 Å². The topological polar surface area (TPSA) is 82.7 Å². The summed E-state index contributed by atoms with van der Waals surface area (Å²) in [7, 11) is 1.91. The minimum absolute atomic E-state index is 0.179. The molecule has 30 heavy (non-hydrogen) atoms. The Bertz CT molecular complexity index is 1290. The molecule has 4 aromatic rings. The summed E-state index contributed by atoms with van der Waals surface area (Å²) in [5, 5.41) is 14.6. The molecule has 0 aliphatic carbocycles. The predicted molar refractivity (Wildman–Crippen MR) is 114 cm³/mol. The Balaban J connectivity index is 1.78. The molecule has 0 radical (unpaired) electrons. The molecule has 2 aromatic carbocycles. The Kier molecular flexibility index (Phi) is 4.52. The third-order valence-electron chi connectivity index (χ3n) is 5.58. The monoisotopic (exact) mass is 401 g/mol. The molecule has 0 saturated carbocycles. The van der Waals surface area contributed by atoms with E-state index in [0.717, 1.165) is 28.9 Å². The first-order chi connectivity index (χ1) is 14.7. The summed E-state index contributed by atoms with van der Waals surface area (Å²) < 4.78 is 14.3. The second-order valence-corrected chi connectivity index (χ2v) is 7.47. The summed E-state index contributed by atoms with van der Waals surface area (Å²) in [4.78, 5) is 16.5. The first-order valence-corrected chi connectivity index (χ1v) is 9.77. The van der Waals surface area contributed by atoms with E-state index in [1.165, 1.54) is 12.1 Å². The number of anilines is 1. The highest BCUT2D eigenvalue weighted by molar-refractivity contribution is 5.97. The zero-order valence-electron chi connectivity index (χ0n) is 16.3. The van der Waals surface area contributed by atoms with Gasteiger partial charge in [-0.15, -0.1) is 0 Å². The number of aromatic amines is 1. The van der Waals surface area contributed by atoms with E-state index in [-0.39, 0.29) is 12.0 Å². The normalized spacial score (nSPS) is 17.7. The third kappa shape index (κ3) is 3.04. The number of nitrogens with one attached hydrogen (secondary N) is 3. The van der Waals surface area contributed by atoms with Crippen molar-refractivity contribution < 1.29 is 4.39 Å². The lowest BCUT2D eigenvalue weighted by molar-refractivity contribution is 0.618. The molecule has 150 valence electrons. The first-order valence-electron chi connectivity index (χ1n) is 9.77. The van der Waals surface area contributed by atoms with Crippen molar-refractivity contribution in [3.05, 3.63) is 99.5 Å². The van der Waals surface area contributed by atoms with Gasteiger partial charge in [-0.25, -0.2) is 9.49 Å². The molecule has 0 saturated heterocycles. The van der Waals surface area contributed by atoms with Crippen LogP contribution in [0.2, 0.25) is 0 Å². The molecule has 0 fully saturated rings. The van der Waals surface area contributed by atoms with Crippen LogP contribution in [0.15, 0.2) is 65.7 Å². The van der Waals surface area contributed by atoms with Gasteiger partial charge in [-0.05, 0) is 48.0 Å². The van der Waals surface area contributed by atoms with Gasteiger partial charge in [0.05, 0.1) is 23.0 Å². The van der Waals surface area contributed by atoms with Crippen LogP contribution in [0.3, 0.4) is 0 Å². The maximum Gasteiger partial charge on any atom is 0.272 e. The lowest BCUT2D eigenvalue weighted by Crippen LogP contribution is -2.28. The average Bonchev–Trinajstić information content (AvgIpc) is 2.76. The quantitative estimate of drug-likeness (QED) is 0.488. The fraction of sp³-hybridized carbons (Fsp3) is 0.174. The fourth-order valence-electron chi connectivity index (χ4n) is 4.33. The van der Waals surface area contributed by atoms with E-state index in [0.29, 0.717) is 16.5 Å². The van der Waals surface area contributed by atoms with Crippen LogP contribution in [0.5, 0.6) is 0 Å².